The smallest absolute Gasteiger partial charge is 0.225 e. The van der Waals surface area contributed by atoms with Crippen LogP contribution in [0.3, 0.4) is 0 Å². The lowest BCUT2D eigenvalue weighted by Gasteiger charge is -2.34. The van der Waals surface area contributed by atoms with Crippen LogP contribution in [0.25, 0.3) is 10.2 Å². The third-order valence-electron chi connectivity index (χ3n) is 3.36. The molecule has 1 fully saturated rings. The number of aromatic nitrogens is 2. The lowest BCUT2D eigenvalue weighted by molar-refractivity contribution is 0.0987. The predicted octanol–water partition coefficient (Wildman–Crippen LogP) is 2.27. The summed E-state index contributed by atoms with van der Waals surface area (Å²) in [5.41, 5.74) is 0. The third kappa shape index (κ3) is 2.26. The number of aryl methyl sites for hydroxylation is 1. The number of hydrogen-bond acceptors (Lipinski definition) is 6. The molecule has 1 N–H and O–H groups in total. The third-order valence-corrected chi connectivity index (χ3v) is 4.30. The summed E-state index contributed by atoms with van der Waals surface area (Å²) in [6.45, 7) is 6.67. The minimum Gasteiger partial charge on any atom is -0.377 e. The van der Waals surface area contributed by atoms with Crippen molar-refractivity contribution in [3.8, 4) is 0 Å². The van der Waals surface area contributed by atoms with Crippen LogP contribution >= 0.6 is 11.3 Å². The molecule has 0 spiro atoms. The Bertz CT molecular complexity index is 598. The van der Waals surface area contributed by atoms with Gasteiger partial charge in [0.25, 0.3) is 0 Å². The topological polar surface area (TPSA) is 50.3 Å². The standard InChI is InChI=1S/C13H18N4OS/c1-8-7-18-5-4-17(8)11-10-6-9(2)19-12(10)16-13(14-3)15-11/h6,8H,4-5,7H2,1-3H3,(H,14,15,16). The summed E-state index contributed by atoms with van der Waals surface area (Å²) < 4.78 is 5.51. The average Bonchev–Trinajstić information content (AvgIpc) is 2.78. The van der Waals surface area contributed by atoms with Crippen molar-refractivity contribution < 1.29 is 4.74 Å². The molecule has 1 aliphatic heterocycles. The van der Waals surface area contributed by atoms with Crippen molar-refractivity contribution in [1.82, 2.24) is 9.97 Å². The van der Waals surface area contributed by atoms with Crippen LogP contribution < -0.4 is 10.2 Å². The van der Waals surface area contributed by atoms with Gasteiger partial charge in [0.2, 0.25) is 5.95 Å². The zero-order valence-electron chi connectivity index (χ0n) is 11.4. The number of nitrogens with one attached hydrogen (secondary N) is 1. The number of hydrogen-bond donors (Lipinski definition) is 1. The molecule has 0 radical (unpaired) electrons. The molecule has 19 heavy (non-hydrogen) atoms. The Morgan fingerprint density at radius 1 is 1.47 bits per heavy atom. The number of fused-ring (bicyclic) bond motifs is 1. The van der Waals surface area contributed by atoms with Gasteiger partial charge >= 0.3 is 0 Å². The van der Waals surface area contributed by atoms with E-state index in [4.69, 9.17) is 4.74 Å². The summed E-state index contributed by atoms with van der Waals surface area (Å²) in [6, 6.07) is 2.52. The summed E-state index contributed by atoms with van der Waals surface area (Å²) in [5, 5.41) is 4.20. The number of morpholine rings is 1. The van der Waals surface area contributed by atoms with E-state index >= 15 is 0 Å². The fraction of sp³-hybridized carbons (Fsp3) is 0.538. The first kappa shape index (κ1) is 12.6. The first-order chi connectivity index (χ1) is 9.19. The SMILES string of the molecule is CNc1nc(N2CCOCC2C)c2cc(C)sc2n1. The molecule has 102 valence electrons. The molecule has 1 aliphatic rings. The van der Waals surface area contributed by atoms with Gasteiger partial charge in [-0.2, -0.15) is 4.98 Å². The second kappa shape index (κ2) is 4.94. The molecule has 0 bridgehead atoms. The molecule has 1 saturated heterocycles. The summed E-state index contributed by atoms with van der Waals surface area (Å²) in [5.74, 6) is 1.71. The Kier molecular flexibility index (Phi) is 3.28. The van der Waals surface area contributed by atoms with Crippen molar-refractivity contribution >= 4 is 33.3 Å². The van der Waals surface area contributed by atoms with Crippen molar-refractivity contribution in [2.45, 2.75) is 19.9 Å². The van der Waals surface area contributed by atoms with Gasteiger partial charge in [-0.3, -0.25) is 0 Å². The first-order valence-electron chi connectivity index (χ1n) is 6.49. The maximum absolute atomic E-state index is 5.51. The van der Waals surface area contributed by atoms with Crippen LogP contribution in [0.15, 0.2) is 6.07 Å². The van der Waals surface area contributed by atoms with Gasteiger partial charge in [0.1, 0.15) is 10.6 Å². The number of rotatable bonds is 2. The van der Waals surface area contributed by atoms with Crippen LogP contribution in [0.4, 0.5) is 11.8 Å². The Morgan fingerprint density at radius 2 is 2.32 bits per heavy atom. The molecule has 0 amide bonds. The van der Waals surface area contributed by atoms with Crippen molar-refractivity contribution in [3.05, 3.63) is 10.9 Å². The van der Waals surface area contributed by atoms with Crippen LogP contribution in [-0.2, 0) is 4.74 Å². The Labute approximate surface area is 116 Å². The fourth-order valence-electron chi connectivity index (χ4n) is 2.40. The van der Waals surface area contributed by atoms with Crippen molar-refractivity contribution in [1.29, 1.82) is 0 Å². The summed E-state index contributed by atoms with van der Waals surface area (Å²) in [4.78, 5) is 13.8. The van der Waals surface area contributed by atoms with E-state index in [0.717, 1.165) is 35.8 Å². The van der Waals surface area contributed by atoms with Crippen LogP contribution in [0, 0.1) is 6.92 Å². The van der Waals surface area contributed by atoms with Crippen molar-refractivity contribution in [3.63, 3.8) is 0 Å². The van der Waals surface area contributed by atoms with Gasteiger partial charge in [-0.25, -0.2) is 4.98 Å². The van der Waals surface area contributed by atoms with Crippen LogP contribution in [0.5, 0.6) is 0 Å². The van der Waals surface area contributed by atoms with Crippen LogP contribution in [-0.4, -0.2) is 42.8 Å². The predicted molar refractivity (Wildman–Crippen MR) is 79.3 cm³/mol. The Balaban J connectivity index is 2.14. The molecular formula is C13H18N4OS. The Hall–Kier alpha value is -1.40. The van der Waals surface area contributed by atoms with E-state index in [1.807, 2.05) is 7.05 Å². The highest BCUT2D eigenvalue weighted by Crippen LogP contribution is 2.33. The molecule has 2 aromatic heterocycles. The Morgan fingerprint density at radius 3 is 3.05 bits per heavy atom. The number of nitrogens with zero attached hydrogens (tertiary/aromatic N) is 3. The van der Waals surface area contributed by atoms with Crippen LogP contribution in [0.1, 0.15) is 11.8 Å². The number of thiophene rings is 1. The van der Waals surface area contributed by atoms with Gasteiger partial charge in [0, 0.05) is 18.5 Å². The molecule has 0 aromatic carbocycles. The molecule has 2 aromatic rings. The van der Waals surface area contributed by atoms with E-state index in [1.54, 1.807) is 11.3 Å². The van der Waals surface area contributed by atoms with Gasteiger partial charge in [-0.15, -0.1) is 11.3 Å². The maximum Gasteiger partial charge on any atom is 0.225 e. The highest BCUT2D eigenvalue weighted by atomic mass is 32.1. The van der Waals surface area contributed by atoms with E-state index < -0.39 is 0 Å². The minimum absolute atomic E-state index is 0.344. The molecule has 6 heteroatoms. The van der Waals surface area contributed by atoms with Gasteiger partial charge < -0.3 is 15.0 Å². The fourth-order valence-corrected chi connectivity index (χ4v) is 3.27. The highest BCUT2D eigenvalue weighted by molar-refractivity contribution is 7.18. The lowest BCUT2D eigenvalue weighted by Crippen LogP contribution is -2.44. The molecule has 0 saturated carbocycles. The second-order valence-electron chi connectivity index (χ2n) is 4.81. The van der Waals surface area contributed by atoms with Crippen LogP contribution in [0.2, 0.25) is 0 Å². The number of ether oxygens (including phenoxy) is 1. The monoisotopic (exact) mass is 278 g/mol. The van der Waals surface area contributed by atoms with Gasteiger partial charge in [-0.05, 0) is 19.9 Å². The highest BCUT2D eigenvalue weighted by Gasteiger charge is 2.23. The normalized spacial score (nSPS) is 19.9. The van der Waals surface area contributed by atoms with E-state index in [9.17, 15) is 0 Å². The van der Waals surface area contributed by atoms with E-state index in [2.05, 4.69) is 40.1 Å². The zero-order chi connectivity index (χ0) is 13.4. The molecule has 1 atom stereocenters. The average molecular weight is 278 g/mol. The van der Waals surface area contributed by atoms with E-state index in [1.165, 1.54) is 4.88 Å². The summed E-state index contributed by atoms with van der Waals surface area (Å²) >= 11 is 1.71. The van der Waals surface area contributed by atoms with Gasteiger partial charge in [0.05, 0.1) is 24.6 Å². The quantitative estimate of drug-likeness (QED) is 0.913. The van der Waals surface area contributed by atoms with E-state index in [-0.39, 0.29) is 0 Å². The molecule has 0 aliphatic carbocycles. The van der Waals surface area contributed by atoms with Crippen molar-refractivity contribution in [2.75, 3.05) is 37.0 Å². The summed E-state index contributed by atoms with van der Waals surface area (Å²) in [6.07, 6.45) is 0. The molecular weight excluding hydrogens is 260 g/mol. The molecule has 5 nitrogen and oxygen atoms in total. The van der Waals surface area contributed by atoms with Gasteiger partial charge in [0.15, 0.2) is 0 Å². The lowest BCUT2D eigenvalue weighted by atomic mass is 10.2. The number of anilines is 2. The zero-order valence-corrected chi connectivity index (χ0v) is 12.3. The second-order valence-corrected chi connectivity index (χ2v) is 6.05. The maximum atomic E-state index is 5.51. The summed E-state index contributed by atoms with van der Waals surface area (Å²) in [7, 11) is 1.86. The largest absolute Gasteiger partial charge is 0.377 e. The molecule has 3 heterocycles. The van der Waals surface area contributed by atoms with E-state index in [0.29, 0.717) is 12.0 Å². The minimum atomic E-state index is 0.344. The molecule has 1 unspecified atom stereocenters. The van der Waals surface area contributed by atoms with Gasteiger partial charge in [-0.1, -0.05) is 0 Å². The first-order valence-corrected chi connectivity index (χ1v) is 7.31. The molecule has 3 rings (SSSR count). The van der Waals surface area contributed by atoms with Crippen molar-refractivity contribution in [2.24, 2.45) is 0 Å².